The molecule has 2 heteroatoms. The molecule has 0 aliphatic rings. The molecule has 3 rings (SSSR count). The predicted molar refractivity (Wildman–Crippen MR) is 92.9 cm³/mol. The highest BCUT2D eigenvalue weighted by Gasteiger charge is 1.98. The summed E-state index contributed by atoms with van der Waals surface area (Å²) in [6, 6.07) is 28.3. The molecule has 2 nitrogen and oxygen atoms in total. The smallest absolute Gasteiger partial charge is 0.120 e. The molecule has 0 saturated carbocycles. The largest absolute Gasteiger partial charge is 0.493 e. The van der Waals surface area contributed by atoms with Crippen LogP contribution in [0.3, 0.4) is 0 Å². The number of hydrogen-bond donors (Lipinski definition) is 0. The molecule has 0 heterocycles. The van der Waals surface area contributed by atoms with E-state index in [1.165, 1.54) is 5.56 Å². The lowest BCUT2D eigenvalue weighted by Gasteiger charge is -2.09. The Hall–Kier alpha value is -2.74. The minimum Gasteiger partial charge on any atom is -0.493 e. The van der Waals surface area contributed by atoms with E-state index >= 15 is 0 Å². The lowest BCUT2D eigenvalue weighted by molar-refractivity contribution is 0.302. The summed E-state index contributed by atoms with van der Waals surface area (Å²) in [7, 11) is 0. The van der Waals surface area contributed by atoms with E-state index in [9.17, 15) is 0 Å². The lowest BCUT2D eigenvalue weighted by atomic mass is 10.2. The fourth-order valence-corrected chi connectivity index (χ4v) is 2.30. The Bertz CT molecular complexity index is 691. The molecular formula is C21H20O2. The third-order valence-electron chi connectivity index (χ3n) is 3.57. The number of hydrogen-bond acceptors (Lipinski definition) is 2. The van der Waals surface area contributed by atoms with Gasteiger partial charge in [0.1, 0.15) is 18.1 Å². The van der Waals surface area contributed by atoms with Crippen molar-refractivity contribution in [1.82, 2.24) is 0 Å². The van der Waals surface area contributed by atoms with Crippen LogP contribution in [0.25, 0.3) is 0 Å². The Balaban J connectivity index is 1.45. The molecule has 0 aromatic heterocycles. The van der Waals surface area contributed by atoms with Crippen molar-refractivity contribution in [3.8, 4) is 11.5 Å². The van der Waals surface area contributed by atoms with Crippen LogP contribution in [0.2, 0.25) is 0 Å². The first-order chi connectivity index (χ1) is 11.4. The second-order valence-electron chi connectivity index (χ2n) is 5.33. The van der Waals surface area contributed by atoms with E-state index in [1.807, 2.05) is 60.7 Å². The second-order valence-corrected chi connectivity index (χ2v) is 5.33. The van der Waals surface area contributed by atoms with E-state index in [4.69, 9.17) is 9.47 Å². The Morgan fingerprint density at radius 3 is 1.65 bits per heavy atom. The summed E-state index contributed by atoms with van der Waals surface area (Å²) in [5.74, 6) is 1.72. The topological polar surface area (TPSA) is 18.5 Å². The van der Waals surface area contributed by atoms with Crippen molar-refractivity contribution in [3.63, 3.8) is 0 Å². The van der Waals surface area contributed by atoms with Crippen molar-refractivity contribution in [2.24, 2.45) is 0 Å². The molecule has 23 heavy (non-hydrogen) atoms. The van der Waals surface area contributed by atoms with Gasteiger partial charge in [-0.1, -0.05) is 60.7 Å². The van der Waals surface area contributed by atoms with Crippen molar-refractivity contribution >= 4 is 0 Å². The molecule has 0 saturated heterocycles. The van der Waals surface area contributed by atoms with Gasteiger partial charge in [0.15, 0.2) is 0 Å². The molecule has 0 N–H and O–H groups in total. The fourth-order valence-electron chi connectivity index (χ4n) is 2.30. The van der Waals surface area contributed by atoms with Crippen LogP contribution in [-0.4, -0.2) is 6.61 Å². The minimum absolute atomic E-state index is 0.578. The SMILES string of the molecule is c1ccc(CCOc2ccc(OCc3ccccc3)cc2)cc1. The molecule has 0 radical (unpaired) electrons. The van der Waals surface area contributed by atoms with Crippen LogP contribution in [0.1, 0.15) is 11.1 Å². The van der Waals surface area contributed by atoms with E-state index in [1.54, 1.807) is 0 Å². The van der Waals surface area contributed by atoms with Gasteiger partial charge < -0.3 is 9.47 Å². The normalized spacial score (nSPS) is 10.3. The first-order valence-electron chi connectivity index (χ1n) is 7.84. The van der Waals surface area contributed by atoms with Crippen molar-refractivity contribution in [3.05, 3.63) is 96.1 Å². The molecule has 0 aliphatic carbocycles. The zero-order chi connectivity index (χ0) is 15.7. The zero-order valence-corrected chi connectivity index (χ0v) is 13.0. The van der Waals surface area contributed by atoms with E-state index in [-0.39, 0.29) is 0 Å². The van der Waals surface area contributed by atoms with E-state index < -0.39 is 0 Å². The molecule has 3 aromatic rings. The van der Waals surface area contributed by atoms with Crippen LogP contribution < -0.4 is 9.47 Å². The third-order valence-corrected chi connectivity index (χ3v) is 3.57. The van der Waals surface area contributed by atoms with Crippen molar-refractivity contribution in [2.75, 3.05) is 6.61 Å². The van der Waals surface area contributed by atoms with Gasteiger partial charge in [-0.2, -0.15) is 0 Å². The van der Waals surface area contributed by atoms with Gasteiger partial charge in [-0.25, -0.2) is 0 Å². The van der Waals surface area contributed by atoms with Crippen LogP contribution in [-0.2, 0) is 13.0 Å². The average molecular weight is 304 g/mol. The molecule has 116 valence electrons. The molecule has 0 atom stereocenters. The Morgan fingerprint density at radius 2 is 1.04 bits per heavy atom. The quantitative estimate of drug-likeness (QED) is 0.619. The van der Waals surface area contributed by atoms with Gasteiger partial charge in [-0.15, -0.1) is 0 Å². The van der Waals surface area contributed by atoms with Gasteiger partial charge >= 0.3 is 0 Å². The molecule has 0 bridgehead atoms. The maximum atomic E-state index is 5.77. The molecule has 0 fully saturated rings. The summed E-state index contributed by atoms with van der Waals surface area (Å²) in [4.78, 5) is 0. The summed E-state index contributed by atoms with van der Waals surface area (Å²) in [6.07, 6.45) is 0.910. The molecule has 3 aromatic carbocycles. The molecule has 0 aliphatic heterocycles. The van der Waals surface area contributed by atoms with Crippen molar-refractivity contribution < 1.29 is 9.47 Å². The second kappa shape index (κ2) is 8.04. The first-order valence-corrected chi connectivity index (χ1v) is 7.84. The van der Waals surface area contributed by atoms with Crippen LogP contribution in [0.15, 0.2) is 84.9 Å². The summed E-state index contributed by atoms with van der Waals surface area (Å²) in [5.41, 5.74) is 2.45. The monoisotopic (exact) mass is 304 g/mol. The van der Waals surface area contributed by atoms with Crippen LogP contribution in [0.4, 0.5) is 0 Å². The highest BCUT2D eigenvalue weighted by Crippen LogP contribution is 2.19. The van der Waals surface area contributed by atoms with Gasteiger partial charge in [-0.3, -0.25) is 0 Å². The van der Waals surface area contributed by atoms with Gasteiger partial charge in [-0.05, 0) is 35.4 Å². The van der Waals surface area contributed by atoms with Crippen LogP contribution in [0, 0.1) is 0 Å². The van der Waals surface area contributed by atoms with E-state index in [0.717, 1.165) is 23.5 Å². The van der Waals surface area contributed by atoms with Gasteiger partial charge in [0.25, 0.3) is 0 Å². The summed E-state index contributed by atoms with van der Waals surface area (Å²) >= 11 is 0. The Kier molecular flexibility index (Phi) is 5.30. The highest BCUT2D eigenvalue weighted by atomic mass is 16.5. The maximum Gasteiger partial charge on any atom is 0.120 e. The molecule has 0 unspecified atom stereocenters. The van der Waals surface area contributed by atoms with E-state index in [0.29, 0.717) is 13.2 Å². The maximum absolute atomic E-state index is 5.77. The Morgan fingerprint density at radius 1 is 0.522 bits per heavy atom. The molecule has 0 amide bonds. The van der Waals surface area contributed by atoms with Crippen LogP contribution in [0.5, 0.6) is 11.5 Å². The first kappa shape index (κ1) is 15.2. The van der Waals surface area contributed by atoms with Gasteiger partial charge in [0.05, 0.1) is 6.61 Å². The zero-order valence-electron chi connectivity index (χ0n) is 13.0. The number of ether oxygens (including phenoxy) is 2. The van der Waals surface area contributed by atoms with Crippen molar-refractivity contribution in [1.29, 1.82) is 0 Å². The van der Waals surface area contributed by atoms with Gasteiger partial charge in [0, 0.05) is 6.42 Å². The van der Waals surface area contributed by atoms with Gasteiger partial charge in [0.2, 0.25) is 0 Å². The molecule has 0 spiro atoms. The predicted octanol–water partition coefficient (Wildman–Crippen LogP) is 4.89. The number of benzene rings is 3. The lowest BCUT2D eigenvalue weighted by Crippen LogP contribution is -2.01. The van der Waals surface area contributed by atoms with Crippen molar-refractivity contribution in [2.45, 2.75) is 13.0 Å². The minimum atomic E-state index is 0.578. The summed E-state index contributed by atoms with van der Waals surface area (Å²) < 4.78 is 11.5. The van der Waals surface area contributed by atoms with E-state index in [2.05, 4.69) is 24.3 Å². The average Bonchev–Trinajstić information content (AvgIpc) is 2.63. The Labute approximate surface area is 137 Å². The fraction of sp³-hybridized carbons (Fsp3) is 0.143. The highest BCUT2D eigenvalue weighted by molar-refractivity contribution is 5.31. The number of rotatable bonds is 7. The molecular weight excluding hydrogens is 284 g/mol. The summed E-state index contributed by atoms with van der Waals surface area (Å²) in [5, 5.41) is 0. The standard InChI is InChI=1S/C21H20O2/c1-3-7-18(8-4-1)15-16-22-20-11-13-21(14-12-20)23-17-19-9-5-2-6-10-19/h1-14H,15-17H2. The summed E-state index contributed by atoms with van der Waals surface area (Å²) in [6.45, 7) is 1.25. The van der Waals surface area contributed by atoms with Crippen LogP contribution >= 0.6 is 0 Å². The third kappa shape index (κ3) is 4.89.